The quantitative estimate of drug-likeness (QED) is 0.729. The van der Waals surface area contributed by atoms with Gasteiger partial charge in [0.15, 0.2) is 0 Å². The fourth-order valence-electron chi connectivity index (χ4n) is 1.72. The number of aliphatic hydroxyl groups excluding tert-OH is 1. The Morgan fingerprint density at radius 2 is 2.22 bits per heavy atom. The number of rotatable bonds is 5. The molecule has 0 saturated heterocycles. The van der Waals surface area contributed by atoms with Crippen LogP contribution in [0.5, 0.6) is 0 Å². The van der Waals surface area contributed by atoms with Crippen LogP contribution in [0.25, 0.3) is 10.9 Å². The first-order chi connectivity index (χ1) is 8.70. The largest absolute Gasteiger partial charge is 0.392 e. The van der Waals surface area contributed by atoms with E-state index in [-0.39, 0.29) is 11.7 Å². The highest BCUT2D eigenvalue weighted by molar-refractivity contribution is 5.77. The number of nitrogens with one attached hydrogen (secondary N) is 2. The molecule has 0 spiro atoms. The first kappa shape index (κ1) is 12.7. The molecule has 3 N–H and O–H groups in total. The van der Waals surface area contributed by atoms with Gasteiger partial charge < -0.3 is 15.4 Å². The van der Waals surface area contributed by atoms with Crippen LogP contribution in [0.3, 0.4) is 0 Å². The molecule has 0 bridgehead atoms. The van der Waals surface area contributed by atoms with Crippen LogP contribution in [0.2, 0.25) is 0 Å². The average Bonchev–Trinajstić information content (AvgIpc) is 2.38. The minimum Gasteiger partial charge on any atom is -0.392 e. The number of aliphatic hydroxyl groups is 1. The molecule has 0 aliphatic heterocycles. The van der Waals surface area contributed by atoms with Crippen molar-refractivity contribution in [3.8, 4) is 0 Å². The number of aromatic nitrogens is 2. The molecule has 1 heterocycles. The molecule has 1 aromatic heterocycles. The van der Waals surface area contributed by atoms with E-state index in [1.54, 1.807) is 6.07 Å². The molecule has 2 rings (SSSR count). The van der Waals surface area contributed by atoms with Crippen molar-refractivity contribution in [2.24, 2.45) is 0 Å². The zero-order valence-electron chi connectivity index (χ0n) is 10.3. The topological polar surface area (TPSA) is 78.0 Å². The van der Waals surface area contributed by atoms with Gasteiger partial charge in [-0.3, -0.25) is 4.79 Å². The van der Waals surface area contributed by atoms with E-state index in [1.807, 2.05) is 25.1 Å². The van der Waals surface area contributed by atoms with E-state index in [9.17, 15) is 9.90 Å². The lowest BCUT2D eigenvalue weighted by Crippen LogP contribution is -2.27. The number of hydrogen-bond donors (Lipinski definition) is 3. The molecule has 5 heteroatoms. The molecule has 0 radical (unpaired) electrons. The smallest absolute Gasteiger partial charge is 0.258 e. The Labute approximate surface area is 105 Å². The minimum atomic E-state index is -0.364. The average molecular weight is 247 g/mol. The minimum absolute atomic E-state index is 0.131. The number of nitrogens with zero attached hydrogens (tertiary/aromatic N) is 1. The van der Waals surface area contributed by atoms with Gasteiger partial charge in [-0.25, -0.2) is 4.98 Å². The summed E-state index contributed by atoms with van der Waals surface area (Å²) in [5, 5.41) is 13.1. The van der Waals surface area contributed by atoms with Crippen LogP contribution in [-0.2, 0) is 6.54 Å². The van der Waals surface area contributed by atoms with Gasteiger partial charge in [0, 0.05) is 6.54 Å². The van der Waals surface area contributed by atoms with Crippen molar-refractivity contribution in [3.05, 3.63) is 40.4 Å². The third-order valence-corrected chi connectivity index (χ3v) is 2.81. The fourth-order valence-corrected chi connectivity index (χ4v) is 1.72. The second-order valence-electron chi connectivity index (χ2n) is 4.22. The summed E-state index contributed by atoms with van der Waals surface area (Å²) in [7, 11) is 0. The highest BCUT2D eigenvalue weighted by Crippen LogP contribution is 2.05. The Morgan fingerprint density at radius 3 is 3.00 bits per heavy atom. The number of para-hydroxylation sites is 1. The standard InChI is InChI=1S/C13H17N3O2/c1-2-9(17)7-14-8-12-15-11-6-4-3-5-10(11)13(18)16-12/h3-6,9,14,17H,2,7-8H2,1H3,(H,15,16,18). The Kier molecular flexibility index (Phi) is 4.07. The molecule has 2 aromatic rings. The van der Waals surface area contributed by atoms with Crippen molar-refractivity contribution in [3.63, 3.8) is 0 Å². The number of aromatic amines is 1. The molecule has 18 heavy (non-hydrogen) atoms. The predicted molar refractivity (Wildman–Crippen MR) is 70.4 cm³/mol. The zero-order chi connectivity index (χ0) is 13.0. The third kappa shape index (κ3) is 2.94. The van der Waals surface area contributed by atoms with Gasteiger partial charge in [0.2, 0.25) is 0 Å². The summed E-state index contributed by atoms with van der Waals surface area (Å²) in [5.74, 6) is 0.585. The second-order valence-corrected chi connectivity index (χ2v) is 4.22. The summed E-state index contributed by atoms with van der Waals surface area (Å²) in [6, 6.07) is 7.23. The molecule has 5 nitrogen and oxygen atoms in total. The zero-order valence-corrected chi connectivity index (χ0v) is 10.3. The van der Waals surface area contributed by atoms with Crippen LogP contribution in [0.1, 0.15) is 19.2 Å². The van der Waals surface area contributed by atoms with Gasteiger partial charge in [-0.2, -0.15) is 0 Å². The van der Waals surface area contributed by atoms with Crippen LogP contribution in [0.15, 0.2) is 29.1 Å². The molecule has 0 fully saturated rings. The van der Waals surface area contributed by atoms with Gasteiger partial charge in [-0.1, -0.05) is 19.1 Å². The maximum absolute atomic E-state index is 11.8. The van der Waals surface area contributed by atoms with Gasteiger partial charge >= 0.3 is 0 Å². The highest BCUT2D eigenvalue weighted by Gasteiger charge is 2.04. The van der Waals surface area contributed by atoms with Gasteiger partial charge in [-0.05, 0) is 18.6 Å². The van der Waals surface area contributed by atoms with Crippen LogP contribution < -0.4 is 10.9 Å². The van der Waals surface area contributed by atoms with E-state index in [1.165, 1.54) is 0 Å². The summed E-state index contributed by atoms with van der Waals surface area (Å²) >= 11 is 0. The number of hydrogen-bond acceptors (Lipinski definition) is 4. The predicted octanol–water partition coefficient (Wildman–Crippen LogP) is 0.784. The number of H-pyrrole nitrogens is 1. The molecule has 96 valence electrons. The van der Waals surface area contributed by atoms with E-state index < -0.39 is 0 Å². The SMILES string of the molecule is CCC(O)CNCc1nc2ccccc2c(=O)[nH]1. The molecule has 0 amide bonds. The Balaban J connectivity index is 2.12. The van der Waals surface area contributed by atoms with Crippen molar-refractivity contribution in [2.75, 3.05) is 6.54 Å². The Morgan fingerprint density at radius 1 is 1.44 bits per heavy atom. The molecule has 1 unspecified atom stereocenters. The van der Waals surface area contributed by atoms with Crippen LogP contribution in [0, 0.1) is 0 Å². The molecular weight excluding hydrogens is 230 g/mol. The van der Waals surface area contributed by atoms with Crippen molar-refractivity contribution in [1.82, 2.24) is 15.3 Å². The number of fused-ring (bicyclic) bond motifs is 1. The maximum atomic E-state index is 11.8. The fraction of sp³-hybridized carbons (Fsp3) is 0.385. The normalized spacial score (nSPS) is 12.8. The van der Waals surface area contributed by atoms with Crippen LogP contribution in [-0.4, -0.2) is 27.7 Å². The van der Waals surface area contributed by atoms with Crippen molar-refractivity contribution >= 4 is 10.9 Å². The summed E-state index contributed by atoms with van der Waals surface area (Å²) in [6.45, 7) is 2.85. The Hall–Kier alpha value is -1.72. The molecular formula is C13H17N3O2. The lowest BCUT2D eigenvalue weighted by molar-refractivity contribution is 0.167. The molecule has 0 saturated carbocycles. The Bertz CT molecular complexity index is 580. The van der Waals surface area contributed by atoms with E-state index in [0.717, 1.165) is 0 Å². The molecule has 1 aromatic carbocycles. The summed E-state index contributed by atoms with van der Waals surface area (Å²) in [5.41, 5.74) is 0.558. The van der Waals surface area contributed by atoms with Crippen LogP contribution in [0.4, 0.5) is 0 Å². The molecule has 1 atom stereocenters. The van der Waals surface area contributed by atoms with Crippen molar-refractivity contribution < 1.29 is 5.11 Å². The highest BCUT2D eigenvalue weighted by atomic mass is 16.3. The van der Waals surface area contributed by atoms with E-state index >= 15 is 0 Å². The van der Waals surface area contributed by atoms with E-state index in [2.05, 4.69) is 15.3 Å². The van der Waals surface area contributed by atoms with Gasteiger partial charge in [0.05, 0.1) is 23.6 Å². The van der Waals surface area contributed by atoms with Gasteiger partial charge in [0.25, 0.3) is 5.56 Å². The lowest BCUT2D eigenvalue weighted by Gasteiger charge is -2.09. The third-order valence-electron chi connectivity index (χ3n) is 2.81. The van der Waals surface area contributed by atoms with Crippen LogP contribution >= 0.6 is 0 Å². The molecule has 0 aliphatic carbocycles. The van der Waals surface area contributed by atoms with E-state index in [4.69, 9.17) is 0 Å². The summed E-state index contributed by atoms with van der Waals surface area (Å²) in [6.07, 6.45) is 0.339. The molecule has 0 aliphatic rings. The first-order valence-electron chi connectivity index (χ1n) is 6.07. The van der Waals surface area contributed by atoms with Crippen molar-refractivity contribution in [2.45, 2.75) is 26.0 Å². The second kappa shape index (κ2) is 5.75. The monoisotopic (exact) mass is 247 g/mol. The first-order valence-corrected chi connectivity index (χ1v) is 6.07. The van der Waals surface area contributed by atoms with Gasteiger partial charge in [-0.15, -0.1) is 0 Å². The maximum Gasteiger partial charge on any atom is 0.258 e. The number of benzene rings is 1. The lowest BCUT2D eigenvalue weighted by atomic mass is 10.2. The summed E-state index contributed by atoms with van der Waals surface area (Å²) in [4.78, 5) is 18.9. The van der Waals surface area contributed by atoms with E-state index in [0.29, 0.717) is 36.2 Å². The van der Waals surface area contributed by atoms with Crippen molar-refractivity contribution in [1.29, 1.82) is 0 Å². The van der Waals surface area contributed by atoms with Gasteiger partial charge in [0.1, 0.15) is 5.82 Å². The summed E-state index contributed by atoms with van der Waals surface area (Å²) < 4.78 is 0.